The van der Waals surface area contributed by atoms with Crippen LogP contribution in [0.25, 0.3) is 11.5 Å². The molecule has 0 unspecified atom stereocenters. The molecular weight excluding hydrogens is 462 g/mol. The fourth-order valence-corrected chi connectivity index (χ4v) is 3.85. The molecule has 1 aromatic carbocycles. The van der Waals surface area contributed by atoms with Gasteiger partial charge in [-0.25, -0.2) is 19.9 Å². The largest absolute Gasteiger partial charge is 0.385 e. The normalized spacial score (nSPS) is 12.9. The number of nitrogens with zero attached hydrogens (tertiary/aromatic N) is 6. The van der Waals surface area contributed by atoms with Gasteiger partial charge < -0.3 is 16.0 Å². The summed E-state index contributed by atoms with van der Waals surface area (Å²) in [7, 11) is 0. The lowest BCUT2D eigenvalue weighted by molar-refractivity contribution is 0.899. The Balaban J connectivity index is 1.18. The van der Waals surface area contributed by atoms with E-state index in [1.165, 1.54) is 12.1 Å². The lowest BCUT2D eigenvalue weighted by atomic mass is 10.2. The first kappa shape index (κ1) is 24.1. The quantitative estimate of drug-likeness (QED) is 0.259. The van der Waals surface area contributed by atoms with Crippen LogP contribution >= 0.6 is 0 Å². The van der Waals surface area contributed by atoms with E-state index in [2.05, 4.69) is 51.9 Å². The number of aliphatic imine (C=N–C) groups is 1. The maximum absolute atomic E-state index is 4.58. The highest BCUT2D eigenvalue weighted by Gasteiger charge is 2.07. The van der Waals surface area contributed by atoms with Crippen molar-refractivity contribution in [1.82, 2.24) is 24.9 Å². The van der Waals surface area contributed by atoms with Crippen LogP contribution in [0.3, 0.4) is 0 Å². The van der Waals surface area contributed by atoms with Crippen LogP contribution in [0, 0.1) is 6.92 Å². The third-order valence-electron chi connectivity index (χ3n) is 5.71. The van der Waals surface area contributed by atoms with Crippen LogP contribution in [0.5, 0.6) is 0 Å². The molecule has 0 bridgehead atoms. The highest BCUT2D eigenvalue weighted by molar-refractivity contribution is 5.62. The Hall–Kier alpha value is -4.66. The average molecular weight is 492 g/mol. The number of hydrogen-bond acceptors (Lipinski definition) is 9. The van der Waals surface area contributed by atoms with Crippen molar-refractivity contribution < 1.29 is 0 Å². The van der Waals surface area contributed by atoms with Crippen molar-refractivity contribution in [3.05, 3.63) is 84.5 Å². The molecule has 3 N–H and O–H groups in total. The molecule has 186 valence electrons. The Bertz CT molecular complexity index is 1400. The number of benzene rings is 1. The van der Waals surface area contributed by atoms with Gasteiger partial charge in [-0.3, -0.25) is 4.99 Å². The average Bonchev–Trinajstić information content (AvgIpc) is 3.19. The van der Waals surface area contributed by atoms with E-state index >= 15 is 0 Å². The summed E-state index contributed by atoms with van der Waals surface area (Å²) in [6, 6.07) is 17.4. The van der Waals surface area contributed by atoms with Crippen LogP contribution in [0.2, 0.25) is 0 Å². The lowest BCUT2D eigenvalue weighted by Gasteiger charge is -2.10. The van der Waals surface area contributed by atoms with E-state index in [9.17, 15) is 0 Å². The van der Waals surface area contributed by atoms with Crippen molar-refractivity contribution in [3.8, 4) is 11.5 Å². The minimum atomic E-state index is 0.485. The van der Waals surface area contributed by atoms with Gasteiger partial charge in [0.25, 0.3) is 0 Å². The minimum absolute atomic E-state index is 0.485. The van der Waals surface area contributed by atoms with Crippen LogP contribution in [0.1, 0.15) is 31.4 Å². The number of hydrogen-bond donors (Lipinski definition) is 3. The second kappa shape index (κ2) is 11.9. The van der Waals surface area contributed by atoms with Crippen LogP contribution in [0.15, 0.2) is 83.8 Å². The van der Waals surface area contributed by atoms with E-state index in [4.69, 9.17) is 0 Å². The first-order chi connectivity index (χ1) is 18.2. The van der Waals surface area contributed by atoms with Gasteiger partial charge in [0.05, 0.1) is 0 Å². The topological polar surface area (TPSA) is 113 Å². The summed E-state index contributed by atoms with van der Waals surface area (Å²) >= 11 is 0. The minimum Gasteiger partial charge on any atom is -0.385 e. The first-order valence-corrected chi connectivity index (χ1v) is 12.4. The molecule has 0 aliphatic carbocycles. The summed E-state index contributed by atoms with van der Waals surface area (Å²) in [5.41, 5.74) is 4.76. The Kier molecular flexibility index (Phi) is 7.70. The molecule has 3 aromatic heterocycles. The molecule has 0 spiro atoms. The van der Waals surface area contributed by atoms with Crippen molar-refractivity contribution in [2.24, 2.45) is 4.99 Å². The predicted molar refractivity (Wildman–Crippen MR) is 149 cm³/mol. The SMILES string of the molecule is Cc1cccc(-c2nccc(Nc3ccnc(Nc4ccc(NCCC5=CCCCC=N5)cc4)n3)n2)n1. The van der Waals surface area contributed by atoms with Gasteiger partial charge in [0.1, 0.15) is 17.3 Å². The molecule has 9 nitrogen and oxygen atoms in total. The summed E-state index contributed by atoms with van der Waals surface area (Å²) in [6.45, 7) is 2.79. The van der Waals surface area contributed by atoms with E-state index in [0.717, 1.165) is 48.6 Å². The van der Waals surface area contributed by atoms with Crippen molar-refractivity contribution in [2.75, 3.05) is 22.5 Å². The second-order valence-electron chi connectivity index (χ2n) is 8.64. The molecule has 1 aliphatic heterocycles. The van der Waals surface area contributed by atoms with E-state index in [1.807, 2.05) is 55.6 Å². The monoisotopic (exact) mass is 491 g/mol. The zero-order valence-electron chi connectivity index (χ0n) is 20.7. The van der Waals surface area contributed by atoms with Crippen molar-refractivity contribution in [1.29, 1.82) is 0 Å². The molecule has 0 fully saturated rings. The zero-order valence-corrected chi connectivity index (χ0v) is 20.7. The van der Waals surface area contributed by atoms with Crippen LogP contribution in [0.4, 0.5) is 29.0 Å². The Morgan fingerprint density at radius 2 is 1.59 bits per heavy atom. The van der Waals surface area contributed by atoms with E-state index in [-0.39, 0.29) is 0 Å². The summed E-state index contributed by atoms with van der Waals surface area (Å²) in [5.74, 6) is 2.28. The maximum Gasteiger partial charge on any atom is 0.229 e. The molecule has 0 radical (unpaired) electrons. The number of allylic oxidation sites excluding steroid dienone is 1. The van der Waals surface area contributed by atoms with Crippen molar-refractivity contribution >= 4 is 35.2 Å². The zero-order chi connectivity index (χ0) is 25.3. The smallest absolute Gasteiger partial charge is 0.229 e. The Labute approximate surface area is 216 Å². The van der Waals surface area contributed by atoms with Crippen molar-refractivity contribution in [2.45, 2.75) is 32.6 Å². The standard InChI is InChI=1S/C28H29N9/c1-20-6-5-8-24(33-20)27-31-18-14-25(36-27)35-26-15-19-32-28(37-26)34-23-11-9-22(10-12-23)30-17-13-21-7-3-2-4-16-29-21/h5-12,14-16,18-19,30H,2-4,13,17H2,1H3,(H2,31,32,34,35,36,37). The summed E-state index contributed by atoms with van der Waals surface area (Å²) < 4.78 is 0. The third-order valence-corrected chi connectivity index (χ3v) is 5.71. The summed E-state index contributed by atoms with van der Waals surface area (Å²) in [6.07, 6.45) is 11.9. The summed E-state index contributed by atoms with van der Waals surface area (Å²) in [5, 5.41) is 9.94. The van der Waals surface area contributed by atoms with Gasteiger partial charge in [-0.05, 0) is 74.7 Å². The second-order valence-corrected chi connectivity index (χ2v) is 8.64. The Morgan fingerprint density at radius 3 is 2.46 bits per heavy atom. The van der Waals surface area contributed by atoms with E-state index < -0.39 is 0 Å². The molecular formula is C28H29N9. The Morgan fingerprint density at radius 1 is 0.784 bits per heavy atom. The van der Waals surface area contributed by atoms with Gasteiger partial charge in [0, 0.05) is 54.3 Å². The first-order valence-electron chi connectivity index (χ1n) is 12.4. The molecule has 0 atom stereocenters. The van der Waals surface area contributed by atoms with Gasteiger partial charge in [-0.1, -0.05) is 12.1 Å². The van der Waals surface area contributed by atoms with Gasteiger partial charge >= 0.3 is 0 Å². The molecule has 0 saturated heterocycles. The van der Waals surface area contributed by atoms with E-state index in [0.29, 0.717) is 23.4 Å². The van der Waals surface area contributed by atoms with Crippen LogP contribution in [-0.2, 0) is 0 Å². The lowest BCUT2D eigenvalue weighted by Crippen LogP contribution is -2.03. The molecule has 37 heavy (non-hydrogen) atoms. The van der Waals surface area contributed by atoms with Crippen LogP contribution in [-0.4, -0.2) is 37.7 Å². The molecule has 4 aromatic rings. The maximum atomic E-state index is 4.58. The van der Waals surface area contributed by atoms with E-state index in [1.54, 1.807) is 24.5 Å². The number of rotatable bonds is 9. The number of anilines is 5. The molecule has 1 aliphatic rings. The molecule has 0 saturated carbocycles. The van der Waals surface area contributed by atoms with Gasteiger partial charge in [-0.2, -0.15) is 4.98 Å². The fourth-order valence-electron chi connectivity index (χ4n) is 3.85. The third kappa shape index (κ3) is 6.94. The van der Waals surface area contributed by atoms with Gasteiger partial charge in [0.15, 0.2) is 5.82 Å². The van der Waals surface area contributed by atoms with Crippen molar-refractivity contribution in [3.63, 3.8) is 0 Å². The highest BCUT2D eigenvalue weighted by atomic mass is 15.2. The highest BCUT2D eigenvalue weighted by Crippen LogP contribution is 2.20. The van der Waals surface area contributed by atoms with Crippen LogP contribution < -0.4 is 16.0 Å². The molecule has 9 heteroatoms. The molecule has 4 heterocycles. The summed E-state index contributed by atoms with van der Waals surface area (Å²) in [4.78, 5) is 26.9. The molecule has 5 rings (SSSR count). The number of pyridine rings is 1. The number of aryl methyl sites for hydroxylation is 1. The predicted octanol–water partition coefficient (Wildman–Crippen LogP) is 6.06. The van der Waals surface area contributed by atoms with Gasteiger partial charge in [0.2, 0.25) is 5.95 Å². The number of aromatic nitrogens is 5. The number of nitrogens with one attached hydrogen (secondary N) is 3. The molecule has 0 amide bonds. The van der Waals surface area contributed by atoms with Gasteiger partial charge in [-0.15, -0.1) is 0 Å². The fraction of sp³-hybridized carbons (Fsp3) is 0.214.